The summed E-state index contributed by atoms with van der Waals surface area (Å²) in [5.74, 6) is -1.17. The highest BCUT2D eigenvalue weighted by Crippen LogP contribution is 2.39. The minimum Gasteiger partial charge on any atom is -0.382 e. The van der Waals surface area contributed by atoms with Crippen LogP contribution in [0.2, 0.25) is 5.02 Å². The molecule has 0 aliphatic rings. The third-order valence-electron chi connectivity index (χ3n) is 4.69. The summed E-state index contributed by atoms with van der Waals surface area (Å²) < 4.78 is 33.4. The fourth-order valence-corrected chi connectivity index (χ4v) is 5.19. The fourth-order valence-electron chi connectivity index (χ4n) is 3.06. The topological polar surface area (TPSA) is 76.7 Å². The van der Waals surface area contributed by atoms with E-state index in [1.807, 2.05) is 6.92 Å². The molecule has 4 aromatic rings. The number of rotatable bonds is 7. The SMILES string of the molecule is C[C@@H](Sc1nc(-c2cc(F)cc(F)c2)ns1)C(O)(Cn1cncn1)c1ccc(Cl)cc1. The van der Waals surface area contributed by atoms with Crippen molar-refractivity contribution in [2.45, 2.75) is 28.7 Å². The van der Waals surface area contributed by atoms with Crippen LogP contribution in [-0.4, -0.2) is 34.5 Å². The lowest BCUT2D eigenvalue weighted by atomic mass is 9.90. The summed E-state index contributed by atoms with van der Waals surface area (Å²) >= 11 is 8.42. The predicted octanol–water partition coefficient (Wildman–Crippen LogP) is 4.80. The van der Waals surface area contributed by atoms with Crippen LogP contribution in [0.25, 0.3) is 11.4 Å². The van der Waals surface area contributed by atoms with Crippen LogP contribution in [-0.2, 0) is 12.1 Å². The number of thioether (sulfide) groups is 1. The second-order valence-electron chi connectivity index (χ2n) is 6.83. The quantitative estimate of drug-likeness (QED) is 0.384. The lowest BCUT2D eigenvalue weighted by molar-refractivity contribution is 0.0167. The molecule has 0 saturated heterocycles. The van der Waals surface area contributed by atoms with Crippen molar-refractivity contribution in [1.29, 1.82) is 0 Å². The Balaban J connectivity index is 1.61. The number of benzene rings is 2. The van der Waals surface area contributed by atoms with Crippen molar-refractivity contribution in [1.82, 2.24) is 24.1 Å². The zero-order chi connectivity index (χ0) is 22.0. The van der Waals surface area contributed by atoms with E-state index in [0.717, 1.165) is 17.6 Å². The van der Waals surface area contributed by atoms with Gasteiger partial charge in [-0.15, -0.1) is 0 Å². The van der Waals surface area contributed by atoms with Crippen LogP contribution < -0.4 is 0 Å². The summed E-state index contributed by atoms with van der Waals surface area (Å²) in [6.45, 7) is 2.02. The average molecular weight is 480 g/mol. The first-order chi connectivity index (χ1) is 14.8. The van der Waals surface area contributed by atoms with Gasteiger partial charge in [-0.25, -0.2) is 23.4 Å². The van der Waals surface area contributed by atoms with Crippen LogP contribution in [0.3, 0.4) is 0 Å². The van der Waals surface area contributed by atoms with Crippen LogP contribution in [0.5, 0.6) is 0 Å². The molecule has 2 heterocycles. The summed E-state index contributed by atoms with van der Waals surface area (Å²) in [6.07, 6.45) is 2.93. The zero-order valence-corrected chi connectivity index (χ0v) is 18.5. The second kappa shape index (κ2) is 8.99. The van der Waals surface area contributed by atoms with E-state index < -0.39 is 17.2 Å². The molecule has 0 aliphatic carbocycles. The molecule has 0 fully saturated rings. The molecule has 2 atom stereocenters. The Morgan fingerprint density at radius 1 is 1.19 bits per heavy atom. The molecule has 2 aromatic heterocycles. The van der Waals surface area contributed by atoms with Crippen molar-refractivity contribution >= 4 is 34.9 Å². The first kappa shape index (κ1) is 21.8. The number of aliphatic hydroxyl groups is 1. The minimum atomic E-state index is -1.33. The van der Waals surface area contributed by atoms with Gasteiger partial charge in [0.15, 0.2) is 10.2 Å². The van der Waals surface area contributed by atoms with E-state index in [1.54, 1.807) is 28.9 Å². The van der Waals surface area contributed by atoms with E-state index in [4.69, 9.17) is 11.6 Å². The molecule has 0 saturated carbocycles. The molecule has 1 N–H and O–H groups in total. The standard InChI is InChI=1S/C20H16ClF2N5OS2/c1-12(30-19-26-18(27-31-19)13-6-16(22)8-17(23)7-13)20(29,9-28-11-24-10-25-28)14-2-4-15(21)5-3-14/h2-8,10-12,29H,9H2,1H3/t12-,20?/m1/s1. The highest BCUT2D eigenvalue weighted by atomic mass is 35.5. The molecule has 0 radical (unpaired) electrons. The van der Waals surface area contributed by atoms with Gasteiger partial charge in [-0.05, 0) is 48.3 Å². The van der Waals surface area contributed by atoms with Crippen LogP contribution in [0, 0.1) is 11.6 Å². The number of nitrogens with zero attached hydrogens (tertiary/aromatic N) is 5. The third-order valence-corrected chi connectivity index (χ3v) is 7.00. The van der Waals surface area contributed by atoms with Gasteiger partial charge in [0.2, 0.25) is 0 Å². The van der Waals surface area contributed by atoms with Gasteiger partial charge in [0, 0.05) is 21.9 Å². The molecule has 31 heavy (non-hydrogen) atoms. The van der Waals surface area contributed by atoms with Crippen molar-refractivity contribution in [3.05, 3.63) is 77.3 Å². The van der Waals surface area contributed by atoms with Crippen LogP contribution >= 0.6 is 34.9 Å². The Morgan fingerprint density at radius 2 is 1.90 bits per heavy atom. The van der Waals surface area contributed by atoms with Crippen LogP contribution in [0.1, 0.15) is 12.5 Å². The van der Waals surface area contributed by atoms with E-state index in [1.165, 1.54) is 36.5 Å². The first-order valence-corrected chi connectivity index (χ1v) is 11.1. The normalized spacial score (nSPS) is 14.4. The molecule has 11 heteroatoms. The van der Waals surface area contributed by atoms with Gasteiger partial charge in [0.05, 0.1) is 6.54 Å². The highest BCUT2D eigenvalue weighted by molar-refractivity contribution is 8.01. The Morgan fingerprint density at radius 3 is 2.55 bits per heavy atom. The molecule has 2 aromatic carbocycles. The lowest BCUT2D eigenvalue weighted by Gasteiger charge is -2.33. The molecular weight excluding hydrogens is 464 g/mol. The van der Waals surface area contributed by atoms with Crippen molar-refractivity contribution in [2.24, 2.45) is 0 Å². The number of aromatic nitrogens is 5. The van der Waals surface area contributed by atoms with E-state index in [2.05, 4.69) is 19.4 Å². The Hall–Kier alpha value is -2.40. The van der Waals surface area contributed by atoms with E-state index >= 15 is 0 Å². The molecule has 160 valence electrons. The number of hydrogen-bond acceptors (Lipinski definition) is 7. The maximum atomic E-state index is 13.5. The molecule has 1 unspecified atom stereocenters. The van der Waals surface area contributed by atoms with Crippen LogP contribution in [0.4, 0.5) is 8.78 Å². The molecule has 0 spiro atoms. The Kier molecular flexibility index (Phi) is 6.33. The molecule has 0 amide bonds. The first-order valence-electron chi connectivity index (χ1n) is 9.11. The molecule has 6 nitrogen and oxygen atoms in total. The molecular formula is C20H16ClF2N5OS2. The van der Waals surface area contributed by atoms with Gasteiger partial charge in [0.1, 0.15) is 29.9 Å². The zero-order valence-electron chi connectivity index (χ0n) is 16.1. The van der Waals surface area contributed by atoms with Crippen LogP contribution in [0.15, 0.2) is 59.5 Å². The highest BCUT2D eigenvalue weighted by Gasteiger charge is 2.38. The average Bonchev–Trinajstić information content (AvgIpc) is 3.39. The van der Waals surface area contributed by atoms with E-state index in [0.29, 0.717) is 14.9 Å². The van der Waals surface area contributed by atoms with Gasteiger partial charge in [0.25, 0.3) is 0 Å². The van der Waals surface area contributed by atoms with Crippen molar-refractivity contribution in [3.63, 3.8) is 0 Å². The number of hydrogen-bond donors (Lipinski definition) is 1. The maximum absolute atomic E-state index is 13.5. The van der Waals surface area contributed by atoms with Gasteiger partial charge >= 0.3 is 0 Å². The summed E-state index contributed by atoms with van der Waals surface area (Å²) in [5, 5.41) is 16.0. The summed E-state index contributed by atoms with van der Waals surface area (Å²) in [4.78, 5) is 8.33. The summed E-state index contributed by atoms with van der Waals surface area (Å²) in [6, 6.07) is 10.1. The van der Waals surface area contributed by atoms with Crippen molar-refractivity contribution in [2.75, 3.05) is 0 Å². The molecule has 4 rings (SSSR count). The smallest absolute Gasteiger partial charge is 0.174 e. The lowest BCUT2D eigenvalue weighted by Crippen LogP contribution is -2.40. The minimum absolute atomic E-state index is 0.156. The molecule has 0 aliphatic heterocycles. The van der Waals surface area contributed by atoms with E-state index in [9.17, 15) is 13.9 Å². The Labute approximate surface area is 190 Å². The number of halogens is 3. The van der Waals surface area contributed by atoms with Gasteiger partial charge < -0.3 is 5.11 Å². The Bertz CT molecular complexity index is 1150. The monoisotopic (exact) mass is 479 g/mol. The second-order valence-corrected chi connectivity index (χ2v) is 9.60. The molecule has 0 bridgehead atoms. The maximum Gasteiger partial charge on any atom is 0.174 e. The van der Waals surface area contributed by atoms with Crippen molar-refractivity contribution in [3.8, 4) is 11.4 Å². The van der Waals surface area contributed by atoms with Gasteiger partial charge in [-0.1, -0.05) is 35.5 Å². The third kappa shape index (κ3) is 4.93. The van der Waals surface area contributed by atoms with E-state index in [-0.39, 0.29) is 23.2 Å². The van der Waals surface area contributed by atoms with Crippen molar-refractivity contribution < 1.29 is 13.9 Å². The summed E-state index contributed by atoms with van der Waals surface area (Å²) in [5.41, 5.74) is -0.423. The van der Waals surface area contributed by atoms with Gasteiger partial charge in [-0.3, -0.25) is 0 Å². The van der Waals surface area contributed by atoms with Gasteiger partial charge in [-0.2, -0.15) is 9.47 Å². The fraction of sp³-hybridized carbons (Fsp3) is 0.200. The largest absolute Gasteiger partial charge is 0.382 e. The summed E-state index contributed by atoms with van der Waals surface area (Å²) in [7, 11) is 0. The predicted molar refractivity (Wildman–Crippen MR) is 116 cm³/mol.